The SMILES string of the molecule is CC1(C)CC(O)C(C)(C)c2nc(-c3cccc(C(F)(F)F)c3)nnc21. The minimum atomic E-state index is -4.44. The molecule has 134 valence electrons. The Morgan fingerprint density at radius 3 is 2.40 bits per heavy atom. The highest BCUT2D eigenvalue weighted by molar-refractivity contribution is 5.56. The van der Waals surface area contributed by atoms with Gasteiger partial charge in [0.25, 0.3) is 0 Å². The molecule has 0 aliphatic heterocycles. The van der Waals surface area contributed by atoms with E-state index in [1.165, 1.54) is 12.1 Å². The molecular weight excluding hydrogens is 331 g/mol. The fourth-order valence-corrected chi connectivity index (χ4v) is 3.18. The van der Waals surface area contributed by atoms with Crippen LogP contribution in [0.4, 0.5) is 13.2 Å². The first-order valence-corrected chi connectivity index (χ1v) is 8.04. The Bertz CT molecular complexity index is 815. The molecule has 0 bridgehead atoms. The predicted octanol–water partition coefficient (Wildman–Crippen LogP) is 3.88. The maximum atomic E-state index is 12.9. The van der Waals surface area contributed by atoms with Crippen molar-refractivity contribution in [2.24, 2.45) is 0 Å². The van der Waals surface area contributed by atoms with E-state index < -0.39 is 28.7 Å². The standard InChI is InChI=1S/C18H20F3N3O/c1-16(2)9-12(25)17(3,4)14-13(16)23-24-15(22-14)10-6-5-7-11(8-10)18(19,20)21/h5-8,12,25H,9H2,1-4H3. The zero-order valence-electron chi connectivity index (χ0n) is 14.5. The Balaban J connectivity index is 2.15. The van der Waals surface area contributed by atoms with Crippen molar-refractivity contribution in [1.82, 2.24) is 15.2 Å². The van der Waals surface area contributed by atoms with Gasteiger partial charge in [-0.2, -0.15) is 18.3 Å². The summed E-state index contributed by atoms with van der Waals surface area (Å²) in [6, 6.07) is 4.87. The van der Waals surface area contributed by atoms with Crippen molar-refractivity contribution in [1.29, 1.82) is 0 Å². The van der Waals surface area contributed by atoms with Gasteiger partial charge in [0.1, 0.15) is 0 Å². The van der Waals surface area contributed by atoms with Crippen LogP contribution in [0.25, 0.3) is 11.4 Å². The van der Waals surface area contributed by atoms with E-state index in [1.54, 1.807) is 0 Å². The molecule has 7 heteroatoms. The van der Waals surface area contributed by atoms with Gasteiger partial charge in [0.05, 0.1) is 23.1 Å². The third-order valence-corrected chi connectivity index (χ3v) is 4.92. The number of hydrogen-bond donors (Lipinski definition) is 1. The summed E-state index contributed by atoms with van der Waals surface area (Å²) in [6.45, 7) is 7.61. The van der Waals surface area contributed by atoms with Crippen LogP contribution >= 0.6 is 0 Å². The molecular formula is C18H20F3N3O. The molecule has 0 amide bonds. The number of aliphatic hydroxyl groups excluding tert-OH is 1. The molecule has 1 N–H and O–H groups in total. The Morgan fingerprint density at radius 1 is 1.08 bits per heavy atom. The van der Waals surface area contributed by atoms with Crippen molar-refractivity contribution in [3.8, 4) is 11.4 Å². The lowest BCUT2D eigenvalue weighted by atomic mass is 9.65. The zero-order valence-corrected chi connectivity index (χ0v) is 14.5. The molecule has 4 nitrogen and oxygen atoms in total. The average Bonchev–Trinajstić information content (AvgIpc) is 2.52. The molecule has 1 aromatic heterocycles. The smallest absolute Gasteiger partial charge is 0.392 e. The van der Waals surface area contributed by atoms with Gasteiger partial charge in [0.15, 0.2) is 5.82 Å². The monoisotopic (exact) mass is 351 g/mol. The van der Waals surface area contributed by atoms with Gasteiger partial charge in [-0.25, -0.2) is 4.98 Å². The molecule has 1 unspecified atom stereocenters. The second-order valence-electron chi connectivity index (χ2n) is 7.74. The lowest BCUT2D eigenvalue weighted by molar-refractivity contribution is -0.137. The number of alkyl halides is 3. The number of fused-ring (bicyclic) bond motifs is 1. The van der Waals surface area contributed by atoms with Crippen molar-refractivity contribution in [3.05, 3.63) is 41.2 Å². The van der Waals surface area contributed by atoms with Crippen LogP contribution in [0.15, 0.2) is 24.3 Å². The molecule has 0 saturated heterocycles. The van der Waals surface area contributed by atoms with Crippen molar-refractivity contribution in [2.45, 2.75) is 57.2 Å². The van der Waals surface area contributed by atoms with E-state index in [-0.39, 0.29) is 11.4 Å². The Morgan fingerprint density at radius 2 is 1.76 bits per heavy atom. The van der Waals surface area contributed by atoms with E-state index in [4.69, 9.17) is 0 Å². The molecule has 3 rings (SSSR count). The van der Waals surface area contributed by atoms with Crippen molar-refractivity contribution < 1.29 is 18.3 Å². The molecule has 1 aliphatic rings. The number of aliphatic hydroxyl groups is 1. The quantitative estimate of drug-likeness (QED) is 0.847. The highest BCUT2D eigenvalue weighted by Gasteiger charge is 2.46. The van der Waals surface area contributed by atoms with Crippen LogP contribution in [-0.4, -0.2) is 26.4 Å². The van der Waals surface area contributed by atoms with Gasteiger partial charge in [-0.05, 0) is 18.6 Å². The molecule has 0 spiro atoms. The van der Waals surface area contributed by atoms with Crippen LogP contribution in [0, 0.1) is 0 Å². The van der Waals surface area contributed by atoms with Crippen LogP contribution in [0.5, 0.6) is 0 Å². The topological polar surface area (TPSA) is 58.9 Å². The lowest BCUT2D eigenvalue weighted by Gasteiger charge is -2.42. The summed E-state index contributed by atoms with van der Waals surface area (Å²) in [5.74, 6) is 0.128. The maximum absolute atomic E-state index is 12.9. The molecule has 25 heavy (non-hydrogen) atoms. The molecule has 1 aromatic carbocycles. The fourth-order valence-electron chi connectivity index (χ4n) is 3.18. The highest BCUT2D eigenvalue weighted by Crippen LogP contribution is 2.44. The first kappa shape index (κ1) is 17.8. The van der Waals surface area contributed by atoms with E-state index in [2.05, 4.69) is 15.2 Å². The van der Waals surface area contributed by atoms with Crippen molar-refractivity contribution >= 4 is 0 Å². The predicted molar refractivity (Wildman–Crippen MR) is 86.9 cm³/mol. The van der Waals surface area contributed by atoms with Gasteiger partial charge >= 0.3 is 6.18 Å². The third-order valence-electron chi connectivity index (χ3n) is 4.92. The summed E-state index contributed by atoms with van der Waals surface area (Å²) in [4.78, 5) is 4.50. The maximum Gasteiger partial charge on any atom is 0.416 e. The van der Waals surface area contributed by atoms with E-state index in [0.29, 0.717) is 17.8 Å². The third kappa shape index (κ3) is 3.01. The number of halogens is 3. The van der Waals surface area contributed by atoms with Gasteiger partial charge in [-0.1, -0.05) is 39.8 Å². The second kappa shape index (κ2) is 5.49. The number of nitrogens with zero attached hydrogens (tertiary/aromatic N) is 3. The molecule has 0 fully saturated rings. The first-order valence-electron chi connectivity index (χ1n) is 8.04. The Kier molecular flexibility index (Phi) is 3.91. The number of aromatic nitrogens is 3. The van der Waals surface area contributed by atoms with Gasteiger partial charge in [-0.15, -0.1) is 5.10 Å². The van der Waals surface area contributed by atoms with E-state index in [0.717, 1.165) is 12.1 Å². The van der Waals surface area contributed by atoms with Crippen LogP contribution in [0.2, 0.25) is 0 Å². The van der Waals surface area contributed by atoms with Crippen LogP contribution < -0.4 is 0 Å². The number of benzene rings is 1. The fraction of sp³-hybridized carbons (Fsp3) is 0.500. The summed E-state index contributed by atoms with van der Waals surface area (Å²) in [5, 5.41) is 18.8. The molecule has 2 aromatic rings. The van der Waals surface area contributed by atoms with E-state index >= 15 is 0 Å². The van der Waals surface area contributed by atoms with Crippen LogP contribution in [0.1, 0.15) is 51.1 Å². The zero-order chi connectivity index (χ0) is 18.6. The molecule has 1 heterocycles. The minimum Gasteiger partial charge on any atom is -0.392 e. The summed E-state index contributed by atoms with van der Waals surface area (Å²) >= 11 is 0. The van der Waals surface area contributed by atoms with E-state index in [1.807, 2.05) is 27.7 Å². The summed E-state index contributed by atoms with van der Waals surface area (Å²) in [5.41, 5.74) is -0.310. The minimum absolute atomic E-state index is 0.128. The van der Waals surface area contributed by atoms with Crippen LogP contribution in [0.3, 0.4) is 0 Å². The molecule has 0 radical (unpaired) electrons. The van der Waals surface area contributed by atoms with Crippen LogP contribution in [-0.2, 0) is 17.0 Å². The Hall–Kier alpha value is -2.02. The number of hydrogen-bond acceptors (Lipinski definition) is 4. The van der Waals surface area contributed by atoms with Gasteiger partial charge < -0.3 is 5.11 Å². The molecule has 1 aliphatic carbocycles. The van der Waals surface area contributed by atoms with Gasteiger partial charge in [-0.3, -0.25) is 0 Å². The van der Waals surface area contributed by atoms with Gasteiger partial charge in [0.2, 0.25) is 0 Å². The normalized spacial score (nSPS) is 21.7. The summed E-state index contributed by atoms with van der Waals surface area (Å²) in [7, 11) is 0. The average molecular weight is 351 g/mol. The van der Waals surface area contributed by atoms with E-state index in [9.17, 15) is 18.3 Å². The largest absolute Gasteiger partial charge is 0.416 e. The van der Waals surface area contributed by atoms with Crippen molar-refractivity contribution in [2.75, 3.05) is 0 Å². The molecule has 1 atom stereocenters. The highest BCUT2D eigenvalue weighted by atomic mass is 19.4. The second-order valence-corrected chi connectivity index (χ2v) is 7.74. The first-order chi connectivity index (χ1) is 11.4. The summed E-state index contributed by atoms with van der Waals surface area (Å²) in [6.07, 6.45) is -4.54. The lowest BCUT2D eigenvalue weighted by Crippen LogP contribution is -2.46. The molecule has 0 saturated carbocycles. The number of rotatable bonds is 1. The van der Waals surface area contributed by atoms with Crippen molar-refractivity contribution in [3.63, 3.8) is 0 Å². The summed E-state index contributed by atoms with van der Waals surface area (Å²) < 4.78 is 38.8. The Labute approximate surface area is 144 Å². The van der Waals surface area contributed by atoms with Gasteiger partial charge in [0, 0.05) is 16.4 Å².